The van der Waals surface area contributed by atoms with E-state index < -0.39 is 21.7 Å². The van der Waals surface area contributed by atoms with Gasteiger partial charge in [0, 0.05) is 17.9 Å². The molecule has 0 saturated heterocycles. The molecule has 78 valence electrons. The van der Waals surface area contributed by atoms with Crippen LogP contribution in [0.5, 0.6) is 0 Å². The number of nitrogens with two attached hydrogens (primary N) is 1. The second kappa shape index (κ2) is 3.67. The van der Waals surface area contributed by atoms with Crippen LogP contribution in [0.2, 0.25) is 0 Å². The number of halogens is 1. The number of benzene rings is 1. The Hall–Kier alpha value is -0.940. The molecule has 0 aliphatic carbocycles. The summed E-state index contributed by atoms with van der Waals surface area (Å²) in [7, 11) is -3.35. The minimum atomic E-state index is -3.35. The molecule has 1 unspecified atom stereocenters. The Balaban J connectivity index is 3.27. The lowest BCUT2D eigenvalue weighted by Gasteiger charge is -2.07. The molecule has 2 N–H and O–H groups in total. The van der Waals surface area contributed by atoms with E-state index in [4.69, 9.17) is 5.73 Å². The first-order valence-corrected chi connectivity index (χ1v) is 5.96. The van der Waals surface area contributed by atoms with E-state index in [0.717, 1.165) is 12.3 Å². The van der Waals surface area contributed by atoms with Crippen molar-refractivity contribution in [3.8, 4) is 0 Å². The smallest absolute Gasteiger partial charge is 0.175 e. The van der Waals surface area contributed by atoms with Crippen LogP contribution in [0.4, 0.5) is 4.39 Å². The summed E-state index contributed by atoms with van der Waals surface area (Å²) in [5.74, 6) is -0.581. The van der Waals surface area contributed by atoms with Crippen LogP contribution in [-0.4, -0.2) is 14.7 Å². The van der Waals surface area contributed by atoms with Gasteiger partial charge in [0.1, 0.15) is 5.82 Å². The van der Waals surface area contributed by atoms with Crippen molar-refractivity contribution in [2.24, 2.45) is 5.73 Å². The molecule has 14 heavy (non-hydrogen) atoms. The van der Waals surface area contributed by atoms with Gasteiger partial charge < -0.3 is 5.73 Å². The summed E-state index contributed by atoms with van der Waals surface area (Å²) in [5, 5.41) is 0. The van der Waals surface area contributed by atoms with Crippen molar-refractivity contribution in [2.45, 2.75) is 17.9 Å². The molecule has 0 amide bonds. The third kappa shape index (κ3) is 2.30. The molecule has 0 fully saturated rings. The molecule has 0 radical (unpaired) electrons. The molecule has 0 spiro atoms. The quantitative estimate of drug-likeness (QED) is 0.811. The van der Waals surface area contributed by atoms with E-state index in [1.807, 2.05) is 0 Å². The van der Waals surface area contributed by atoms with E-state index in [2.05, 4.69) is 0 Å². The SMILES string of the molecule is CC(N)c1ccc(S(C)(=O)=O)cc1F. The van der Waals surface area contributed by atoms with E-state index in [-0.39, 0.29) is 4.90 Å². The standard InChI is InChI=1S/C9H12FNO2S/c1-6(11)8-4-3-7(5-9(8)10)14(2,12)13/h3-6H,11H2,1-2H3. The van der Waals surface area contributed by atoms with Gasteiger partial charge in [-0.3, -0.25) is 0 Å². The van der Waals surface area contributed by atoms with Crippen molar-refractivity contribution in [1.82, 2.24) is 0 Å². The van der Waals surface area contributed by atoms with Gasteiger partial charge in [-0.2, -0.15) is 0 Å². The summed E-state index contributed by atoms with van der Waals surface area (Å²) >= 11 is 0. The zero-order valence-electron chi connectivity index (χ0n) is 7.99. The molecule has 3 nitrogen and oxygen atoms in total. The predicted octanol–water partition coefficient (Wildman–Crippen LogP) is 1.25. The van der Waals surface area contributed by atoms with Gasteiger partial charge in [-0.15, -0.1) is 0 Å². The Morgan fingerprint density at radius 2 is 2.00 bits per heavy atom. The van der Waals surface area contributed by atoms with Gasteiger partial charge >= 0.3 is 0 Å². The zero-order chi connectivity index (χ0) is 10.9. The summed E-state index contributed by atoms with van der Waals surface area (Å²) in [4.78, 5) is -0.0283. The fraction of sp³-hybridized carbons (Fsp3) is 0.333. The van der Waals surface area contributed by atoms with E-state index in [9.17, 15) is 12.8 Å². The summed E-state index contributed by atoms with van der Waals surface area (Å²) in [6, 6.07) is 3.31. The number of sulfone groups is 1. The van der Waals surface area contributed by atoms with Gasteiger partial charge in [0.15, 0.2) is 9.84 Å². The Morgan fingerprint density at radius 3 is 2.36 bits per heavy atom. The average Bonchev–Trinajstić information content (AvgIpc) is 2.01. The van der Waals surface area contributed by atoms with E-state index in [1.165, 1.54) is 12.1 Å². The Morgan fingerprint density at radius 1 is 1.43 bits per heavy atom. The fourth-order valence-electron chi connectivity index (χ4n) is 1.11. The highest BCUT2D eigenvalue weighted by molar-refractivity contribution is 7.90. The molecule has 0 aromatic heterocycles. The second-order valence-electron chi connectivity index (χ2n) is 3.24. The number of rotatable bonds is 2. The Bertz CT molecular complexity index is 440. The first kappa shape index (κ1) is 11.1. The molecule has 0 bridgehead atoms. The minimum Gasteiger partial charge on any atom is -0.324 e. The molecule has 0 aliphatic rings. The summed E-state index contributed by atoms with van der Waals surface area (Å²) in [6.45, 7) is 1.64. The maximum atomic E-state index is 13.3. The van der Waals surface area contributed by atoms with E-state index in [1.54, 1.807) is 6.92 Å². The second-order valence-corrected chi connectivity index (χ2v) is 5.26. The first-order valence-electron chi connectivity index (χ1n) is 4.07. The van der Waals surface area contributed by atoms with Crippen LogP contribution in [0.25, 0.3) is 0 Å². The van der Waals surface area contributed by atoms with Crippen LogP contribution in [0.15, 0.2) is 23.1 Å². The minimum absolute atomic E-state index is 0.0283. The highest BCUT2D eigenvalue weighted by atomic mass is 32.2. The lowest BCUT2D eigenvalue weighted by Crippen LogP contribution is -2.08. The van der Waals surface area contributed by atoms with Crippen molar-refractivity contribution < 1.29 is 12.8 Å². The van der Waals surface area contributed by atoms with Gasteiger partial charge in [-0.05, 0) is 19.1 Å². The molecule has 1 aromatic rings. The van der Waals surface area contributed by atoms with Crippen molar-refractivity contribution in [1.29, 1.82) is 0 Å². The summed E-state index contributed by atoms with van der Waals surface area (Å²) < 4.78 is 35.4. The van der Waals surface area contributed by atoms with Gasteiger partial charge in [-0.25, -0.2) is 12.8 Å². The maximum absolute atomic E-state index is 13.3. The van der Waals surface area contributed by atoms with E-state index >= 15 is 0 Å². The third-order valence-corrected chi connectivity index (χ3v) is 3.00. The highest BCUT2D eigenvalue weighted by Gasteiger charge is 2.12. The van der Waals surface area contributed by atoms with E-state index in [0.29, 0.717) is 5.56 Å². The van der Waals surface area contributed by atoms with Crippen LogP contribution < -0.4 is 5.73 Å². The summed E-state index contributed by atoms with van der Waals surface area (Å²) in [5.41, 5.74) is 5.80. The largest absolute Gasteiger partial charge is 0.324 e. The first-order chi connectivity index (χ1) is 6.32. The molecular weight excluding hydrogens is 205 g/mol. The molecule has 0 heterocycles. The van der Waals surface area contributed by atoms with Crippen LogP contribution in [-0.2, 0) is 9.84 Å². The highest BCUT2D eigenvalue weighted by Crippen LogP contribution is 2.18. The topological polar surface area (TPSA) is 60.2 Å². The molecule has 1 atom stereocenters. The molecule has 0 aliphatic heterocycles. The number of hydrogen-bond donors (Lipinski definition) is 1. The fourth-order valence-corrected chi connectivity index (χ4v) is 1.74. The van der Waals surface area contributed by atoms with Crippen LogP contribution in [0.1, 0.15) is 18.5 Å². The molecular formula is C9H12FNO2S. The third-order valence-electron chi connectivity index (χ3n) is 1.89. The van der Waals surface area contributed by atoms with Crippen molar-refractivity contribution in [2.75, 3.05) is 6.26 Å². The van der Waals surface area contributed by atoms with Crippen LogP contribution >= 0.6 is 0 Å². The van der Waals surface area contributed by atoms with Crippen LogP contribution in [0.3, 0.4) is 0 Å². The van der Waals surface area contributed by atoms with Gasteiger partial charge in [0.25, 0.3) is 0 Å². The predicted molar refractivity (Wildman–Crippen MR) is 52.1 cm³/mol. The molecule has 0 saturated carbocycles. The van der Waals surface area contributed by atoms with Crippen LogP contribution in [0, 0.1) is 5.82 Å². The number of hydrogen-bond acceptors (Lipinski definition) is 3. The maximum Gasteiger partial charge on any atom is 0.175 e. The Labute approximate surface area is 82.7 Å². The molecule has 1 rings (SSSR count). The van der Waals surface area contributed by atoms with Gasteiger partial charge in [0.2, 0.25) is 0 Å². The summed E-state index contributed by atoms with van der Waals surface area (Å²) in [6.07, 6.45) is 1.04. The van der Waals surface area contributed by atoms with Gasteiger partial charge in [-0.1, -0.05) is 6.07 Å². The normalized spacial score (nSPS) is 14.0. The molecule has 1 aromatic carbocycles. The molecule has 5 heteroatoms. The lowest BCUT2D eigenvalue weighted by atomic mass is 10.1. The monoisotopic (exact) mass is 217 g/mol. The van der Waals surface area contributed by atoms with Gasteiger partial charge in [0.05, 0.1) is 4.90 Å². The van der Waals surface area contributed by atoms with Crippen molar-refractivity contribution in [3.63, 3.8) is 0 Å². The average molecular weight is 217 g/mol. The zero-order valence-corrected chi connectivity index (χ0v) is 8.81. The Kier molecular flexibility index (Phi) is 2.92. The lowest BCUT2D eigenvalue weighted by molar-refractivity contribution is 0.581. The van der Waals surface area contributed by atoms with Crippen molar-refractivity contribution >= 4 is 9.84 Å². The van der Waals surface area contributed by atoms with Crippen molar-refractivity contribution in [3.05, 3.63) is 29.6 Å².